The second-order valence-corrected chi connectivity index (χ2v) is 14.9. The summed E-state index contributed by atoms with van der Waals surface area (Å²) >= 11 is 0. The Hall–Kier alpha value is -4.03. The van der Waals surface area contributed by atoms with Gasteiger partial charge in [0.25, 0.3) is 0 Å². The highest BCUT2D eigenvalue weighted by Crippen LogP contribution is 2.51. The van der Waals surface area contributed by atoms with Gasteiger partial charge in [0.15, 0.2) is 12.1 Å². The fourth-order valence-corrected chi connectivity index (χ4v) is 8.00. The summed E-state index contributed by atoms with van der Waals surface area (Å²) in [7, 11) is 0. The molecule has 10 nitrogen and oxygen atoms in total. The SMILES string of the molecule is CCOC(OCC)C1C(=O)c2cc(F)ccc2OC12CCN(C(=O)OC(C)(C)C)CC2.CCn1ncc2c1-c1cc(F)ccc1OC21CCCCC1. The average Bonchev–Trinajstić information content (AvgIpc) is 3.56. The maximum Gasteiger partial charge on any atom is 0.410 e. The number of nitrogens with zero attached hydrogens (tertiary/aromatic N) is 3. The number of ether oxygens (including phenoxy) is 5. The van der Waals surface area contributed by atoms with Crippen molar-refractivity contribution < 1.29 is 42.1 Å². The Morgan fingerprint density at radius 3 is 2.08 bits per heavy atom. The molecule has 3 aliphatic heterocycles. The van der Waals surface area contributed by atoms with Crippen LogP contribution in [0.3, 0.4) is 0 Å². The molecule has 282 valence electrons. The highest BCUT2D eigenvalue weighted by Gasteiger charge is 2.56. The third-order valence-corrected chi connectivity index (χ3v) is 10.4. The number of ketones is 1. The zero-order valence-electron chi connectivity index (χ0n) is 31.1. The van der Waals surface area contributed by atoms with Crippen molar-refractivity contribution >= 4 is 11.9 Å². The topological polar surface area (TPSA) is 101 Å². The number of rotatable bonds is 6. The zero-order chi connectivity index (χ0) is 37.3. The predicted octanol–water partition coefficient (Wildman–Crippen LogP) is 8.45. The Morgan fingerprint density at radius 2 is 1.50 bits per heavy atom. The molecule has 1 atom stereocenters. The van der Waals surface area contributed by atoms with Gasteiger partial charge < -0.3 is 28.6 Å². The first kappa shape index (κ1) is 37.7. The Balaban J connectivity index is 0.000000191. The van der Waals surface area contributed by atoms with E-state index in [9.17, 15) is 18.4 Å². The maximum atomic E-state index is 13.9. The molecule has 52 heavy (non-hydrogen) atoms. The zero-order valence-corrected chi connectivity index (χ0v) is 31.1. The van der Waals surface area contributed by atoms with E-state index in [2.05, 4.69) is 12.0 Å². The molecule has 1 aliphatic carbocycles. The third-order valence-electron chi connectivity index (χ3n) is 10.4. The molecular weight excluding hydrogens is 672 g/mol. The van der Waals surface area contributed by atoms with Crippen LogP contribution < -0.4 is 9.47 Å². The predicted molar refractivity (Wildman–Crippen MR) is 190 cm³/mol. The van der Waals surface area contributed by atoms with Gasteiger partial charge in [0.2, 0.25) is 0 Å². The number of carbonyl (C=O) groups excluding carboxylic acids is 2. The number of halogens is 2. The minimum atomic E-state index is -0.921. The van der Waals surface area contributed by atoms with Crippen LogP contribution in [0, 0.1) is 17.6 Å². The Morgan fingerprint density at radius 1 is 0.904 bits per heavy atom. The maximum absolute atomic E-state index is 13.9. The fourth-order valence-electron chi connectivity index (χ4n) is 8.00. The van der Waals surface area contributed by atoms with Gasteiger partial charge in [-0.15, -0.1) is 0 Å². The second-order valence-electron chi connectivity index (χ2n) is 14.9. The van der Waals surface area contributed by atoms with E-state index < -0.39 is 35.3 Å². The number of piperidine rings is 1. The number of carbonyl (C=O) groups is 2. The lowest BCUT2D eigenvalue weighted by molar-refractivity contribution is -0.198. The van der Waals surface area contributed by atoms with Crippen LogP contribution in [0.15, 0.2) is 42.6 Å². The van der Waals surface area contributed by atoms with Crippen molar-refractivity contribution in [3.8, 4) is 22.8 Å². The molecule has 3 aromatic rings. The summed E-state index contributed by atoms with van der Waals surface area (Å²) < 4.78 is 59.3. The summed E-state index contributed by atoms with van der Waals surface area (Å²) in [6.07, 6.45) is 7.16. The summed E-state index contributed by atoms with van der Waals surface area (Å²) in [6.45, 7) is 13.4. The summed E-state index contributed by atoms with van der Waals surface area (Å²) in [4.78, 5) is 27.7. The van der Waals surface area contributed by atoms with Crippen molar-refractivity contribution in [1.29, 1.82) is 0 Å². The Kier molecular flexibility index (Phi) is 11.0. The Bertz CT molecular complexity index is 1750. The highest BCUT2D eigenvalue weighted by atomic mass is 19.1. The van der Waals surface area contributed by atoms with E-state index in [1.165, 1.54) is 43.5 Å². The number of amides is 1. The number of fused-ring (bicyclic) bond motifs is 5. The standard InChI is InChI=1S/C23H32FNO6.C17H19FN2O/c1-6-28-20(29-7-2)18-19(26)16-14-15(24)8-9-17(16)30-23(18)10-12-25(13-11-23)21(27)31-22(3,4)5;1-2-20-16-13-10-12(18)6-7-15(13)21-17(14(16)11-19-20)8-4-3-5-9-17/h8-9,14,18,20H,6-7,10-13H2,1-5H3;6-7,10-11H,2-5,8-9H2,1H3. The number of Topliss-reactive ketones (excluding diaryl/α,β-unsaturated/α-hetero) is 1. The third kappa shape index (κ3) is 7.42. The second kappa shape index (κ2) is 15.1. The molecule has 0 bridgehead atoms. The van der Waals surface area contributed by atoms with Crippen LogP contribution in [-0.4, -0.2) is 70.4 Å². The van der Waals surface area contributed by atoms with Crippen LogP contribution in [0.2, 0.25) is 0 Å². The van der Waals surface area contributed by atoms with E-state index in [4.69, 9.17) is 23.7 Å². The van der Waals surface area contributed by atoms with Crippen molar-refractivity contribution in [1.82, 2.24) is 14.7 Å². The molecule has 4 heterocycles. The molecule has 1 amide bonds. The fraction of sp³-hybridized carbons (Fsp3) is 0.575. The van der Waals surface area contributed by atoms with E-state index in [0.29, 0.717) is 44.9 Å². The van der Waals surface area contributed by atoms with Crippen molar-refractivity contribution in [2.24, 2.45) is 5.92 Å². The lowest BCUT2D eigenvalue weighted by Gasteiger charge is -2.49. The summed E-state index contributed by atoms with van der Waals surface area (Å²) in [5, 5.41) is 4.51. The number of likely N-dealkylation sites (tertiary alicyclic amines) is 1. The molecule has 1 saturated carbocycles. The number of hydrogen-bond acceptors (Lipinski definition) is 8. The van der Waals surface area contributed by atoms with Gasteiger partial charge in [-0.2, -0.15) is 5.10 Å². The molecular formula is C40H51F2N3O7. The van der Waals surface area contributed by atoms with E-state index in [1.807, 2.05) is 45.5 Å². The van der Waals surface area contributed by atoms with Crippen LogP contribution in [0.25, 0.3) is 11.3 Å². The van der Waals surface area contributed by atoms with Crippen molar-refractivity contribution in [2.45, 2.75) is 116 Å². The van der Waals surface area contributed by atoms with E-state index in [1.54, 1.807) is 17.0 Å². The molecule has 12 heteroatoms. The molecule has 1 unspecified atom stereocenters. The number of aromatic nitrogens is 2. The first-order valence-electron chi connectivity index (χ1n) is 18.6. The van der Waals surface area contributed by atoms with Crippen LogP contribution in [0.1, 0.15) is 102 Å². The molecule has 0 N–H and O–H groups in total. The lowest BCUT2D eigenvalue weighted by atomic mass is 9.73. The highest BCUT2D eigenvalue weighted by molar-refractivity contribution is 6.02. The van der Waals surface area contributed by atoms with Gasteiger partial charge in [-0.25, -0.2) is 13.6 Å². The van der Waals surface area contributed by atoms with Crippen LogP contribution >= 0.6 is 0 Å². The van der Waals surface area contributed by atoms with Gasteiger partial charge >= 0.3 is 6.09 Å². The molecule has 7 rings (SSSR count). The van der Waals surface area contributed by atoms with Gasteiger partial charge in [-0.05, 0) is 104 Å². The smallest absolute Gasteiger partial charge is 0.410 e. The monoisotopic (exact) mass is 723 g/mol. The molecule has 2 aromatic carbocycles. The normalized spacial score (nSPS) is 19.9. The number of hydrogen-bond donors (Lipinski definition) is 0. The van der Waals surface area contributed by atoms with Gasteiger partial charge in [0, 0.05) is 56.8 Å². The van der Waals surface area contributed by atoms with Crippen molar-refractivity contribution in [2.75, 3.05) is 26.3 Å². The molecule has 0 radical (unpaired) electrons. The average molecular weight is 724 g/mol. The quantitative estimate of drug-likeness (QED) is 0.234. The summed E-state index contributed by atoms with van der Waals surface area (Å²) in [5.74, 6) is -0.636. The summed E-state index contributed by atoms with van der Waals surface area (Å²) in [6, 6.07) is 8.76. The van der Waals surface area contributed by atoms with Gasteiger partial charge in [0.05, 0.1) is 17.5 Å². The van der Waals surface area contributed by atoms with Crippen LogP contribution in [0.5, 0.6) is 11.5 Å². The first-order chi connectivity index (χ1) is 24.8. The molecule has 2 fully saturated rings. The minimum absolute atomic E-state index is 0.189. The molecule has 1 aromatic heterocycles. The van der Waals surface area contributed by atoms with Crippen molar-refractivity contribution in [3.05, 3.63) is 65.4 Å². The largest absolute Gasteiger partial charge is 0.485 e. The Labute approximate surface area is 304 Å². The van der Waals surface area contributed by atoms with E-state index in [-0.39, 0.29) is 22.8 Å². The number of aryl methyl sites for hydroxylation is 1. The lowest BCUT2D eigenvalue weighted by Crippen LogP contribution is -2.61. The van der Waals surface area contributed by atoms with Gasteiger partial charge in [-0.1, -0.05) is 6.42 Å². The number of benzene rings is 2. The van der Waals surface area contributed by atoms with Crippen LogP contribution in [-0.2, 0) is 26.4 Å². The molecule has 1 saturated heterocycles. The van der Waals surface area contributed by atoms with Gasteiger partial charge in [0.1, 0.15) is 45.9 Å². The molecule has 2 spiro atoms. The van der Waals surface area contributed by atoms with Crippen LogP contribution in [0.4, 0.5) is 13.6 Å². The van der Waals surface area contributed by atoms with E-state index >= 15 is 0 Å². The first-order valence-corrected chi connectivity index (χ1v) is 18.6. The minimum Gasteiger partial charge on any atom is -0.485 e. The van der Waals surface area contributed by atoms with Gasteiger partial charge in [-0.3, -0.25) is 9.48 Å². The van der Waals surface area contributed by atoms with Crippen molar-refractivity contribution in [3.63, 3.8) is 0 Å². The summed E-state index contributed by atoms with van der Waals surface area (Å²) in [5.41, 5.74) is 1.43. The molecule has 4 aliphatic rings. The van der Waals surface area contributed by atoms with E-state index in [0.717, 1.165) is 42.0 Å².